The number of pyridine rings is 1. The van der Waals surface area contributed by atoms with E-state index in [0.717, 1.165) is 6.92 Å². The number of hydrogen-bond acceptors (Lipinski definition) is 3. The van der Waals surface area contributed by atoms with Gasteiger partial charge in [0.25, 0.3) is 0 Å². The largest absolute Gasteiger partial charge is 0.416 e. The van der Waals surface area contributed by atoms with E-state index in [1.165, 1.54) is 0 Å². The first-order valence-corrected chi connectivity index (χ1v) is 4.99. The van der Waals surface area contributed by atoms with Gasteiger partial charge in [-0.3, -0.25) is 0 Å². The quantitative estimate of drug-likeness (QED) is 0.560. The van der Waals surface area contributed by atoms with Crippen LogP contribution in [0.5, 0.6) is 0 Å². The lowest BCUT2D eigenvalue weighted by Gasteiger charge is -2.07. The Labute approximate surface area is 83.0 Å². The molecule has 0 saturated heterocycles. The molecule has 0 N–H and O–H groups in total. The molecule has 15 heavy (non-hydrogen) atoms. The average Bonchev–Trinajstić information content (AvgIpc) is 1.99. The van der Waals surface area contributed by atoms with E-state index in [0.29, 0.717) is 6.07 Å². The van der Waals surface area contributed by atoms with Crippen molar-refractivity contribution in [2.75, 3.05) is 0 Å². The summed E-state index contributed by atoms with van der Waals surface area (Å²) >= 11 is 0. The van der Waals surface area contributed by atoms with Crippen LogP contribution in [-0.2, 0) is 16.4 Å². The van der Waals surface area contributed by atoms with Crippen LogP contribution in [-0.4, -0.2) is 13.4 Å². The van der Waals surface area contributed by atoms with Crippen LogP contribution in [0.4, 0.5) is 17.1 Å². The van der Waals surface area contributed by atoms with E-state index in [2.05, 4.69) is 4.98 Å². The maximum absolute atomic E-state index is 12.4. The predicted octanol–water partition coefficient (Wildman–Crippen LogP) is 2.07. The zero-order valence-corrected chi connectivity index (χ0v) is 8.16. The first-order valence-electron chi connectivity index (χ1n) is 3.61. The van der Waals surface area contributed by atoms with Crippen molar-refractivity contribution in [3.63, 3.8) is 0 Å². The lowest BCUT2D eigenvalue weighted by atomic mass is 10.2. The van der Waals surface area contributed by atoms with Crippen LogP contribution >= 0.6 is 0 Å². The van der Waals surface area contributed by atoms with E-state index in [1.54, 1.807) is 0 Å². The molecule has 0 aliphatic heterocycles. The molecule has 1 heterocycles. The second kappa shape index (κ2) is 3.44. The summed E-state index contributed by atoms with van der Waals surface area (Å²) in [6.07, 6.45) is -4.73. The highest BCUT2D eigenvalue weighted by atomic mass is 32.3. The number of rotatable bonds is 1. The fourth-order valence-corrected chi connectivity index (χ4v) is 1.45. The van der Waals surface area contributed by atoms with Crippen LogP contribution in [0, 0.1) is 6.92 Å². The normalized spacial score (nSPS) is 12.9. The molecule has 0 atom stereocenters. The minimum absolute atomic E-state index is 0.155. The molecule has 84 valence electrons. The van der Waals surface area contributed by atoms with Crippen LogP contribution in [0.1, 0.15) is 11.3 Å². The van der Waals surface area contributed by atoms with Gasteiger partial charge in [-0.1, -0.05) is 3.89 Å². The van der Waals surface area contributed by atoms with E-state index in [4.69, 9.17) is 0 Å². The number of halogens is 4. The highest BCUT2D eigenvalue weighted by Crippen LogP contribution is 2.30. The zero-order chi connectivity index (χ0) is 11.9. The standard InChI is InChI=1S/C7H5F4NO2S/c1-4-2-5(7(8,9)10)3-6(12-4)15(11,13)14/h2-3H,1H3. The third kappa shape index (κ3) is 2.88. The number of nitrogens with zero attached hydrogens (tertiary/aromatic N) is 1. The minimum Gasteiger partial charge on any atom is -0.239 e. The van der Waals surface area contributed by atoms with Crippen molar-refractivity contribution in [1.82, 2.24) is 4.98 Å². The summed E-state index contributed by atoms with van der Waals surface area (Å²) in [6, 6.07) is 0.789. The first kappa shape index (κ1) is 11.9. The minimum atomic E-state index is -5.22. The van der Waals surface area contributed by atoms with E-state index in [-0.39, 0.29) is 11.8 Å². The van der Waals surface area contributed by atoms with E-state index < -0.39 is 27.0 Å². The van der Waals surface area contributed by atoms with Gasteiger partial charge in [-0.25, -0.2) is 4.98 Å². The van der Waals surface area contributed by atoms with Gasteiger partial charge in [0, 0.05) is 5.69 Å². The summed E-state index contributed by atoms with van der Waals surface area (Å²) in [5, 5.41) is -1.23. The maximum atomic E-state index is 12.4. The second-order valence-corrected chi connectivity index (χ2v) is 4.07. The lowest BCUT2D eigenvalue weighted by Crippen LogP contribution is -2.08. The molecule has 0 spiro atoms. The van der Waals surface area contributed by atoms with E-state index in [1.807, 2.05) is 0 Å². The Hall–Kier alpha value is -1.18. The van der Waals surface area contributed by atoms with Crippen molar-refractivity contribution in [2.45, 2.75) is 18.1 Å². The number of aromatic nitrogens is 1. The molecule has 1 aromatic rings. The van der Waals surface area contributed by atoms with Gasteiger partial charge in [-0.15, -0.1) is 0 Å². The van der Waals surface area contributed by atoms with Gasteiger partial charge in [0.2, 0.25) is 0 Å². The zero-order valence-electron chi connectivity index (χ0n) is 7.34. The maximum Gasteiger partial charge on any atom is 0.416 e. The van der Waals surface area contributed by atoms with Gasteiger partial charge in [0.1, 0.15) is 0 Å². The second-order valence-electron chi connectivity index (χ2n) is 2.77. The summed E-state index contributed by atoms with van der Waals surface area (Å²) in [6.45, 7) is 1.14. The SMILES string of the molecule is Cc1cc(C(F)(F)F)cc(S(=O)(=O)F)n1. The molecule has 1 rings (SSSR count). The van der Waals surface area contributed by atoms with Crippen molar-refractivity contribution in [3.05, 3.63) is 23.4 Å². The van der Waals surface area contributed by atoms with Crippen molar-refractivity contribution in [2.24, 2.45) is 0 Å². The summed E-state index contributed by atoms with van der Waals surface area (Å²) < 4.78 is 69.7. The molecule has 0 aromatic carbocycles. The Balaban J connectivity index is 3.43. The third-order valence-electron chi connectivity index (χ3n) is 1.51. The summed E-state index contributed by atoms with van der Waals surface area (Å²) in [5.74, 6) is 0. The van der Waals surface area contributed by atoms with Crippen molar-refractivity contribution in [1.29, 1.82) is 0 Å². The van der Waals surface area contributed by atoms with Gasteiger partial charge in [-0.2, -0.15) is 21.6 Å². The molecule has 0 unspecified atom stereocenters. The van der Waals surface area contributed by atoms with Crippen LogP contribution in [0.2, 0.25) is 0 Å². The third-order valence-corrected chi connectivity index (χ3v) is 2.22. The van der Waals surface area contributed by atoms with Gasteiger partial charge in [0.15, 0.2) is 5.03 Å². The fraction of sp³-hybridized carbons (Fsp3) is 0.286. The highest BCUT2D eigenvalue weighted by molar-refractivity contribution is 7.86. The summed E-state index contributed by atoms with van der Waals surface area (Å²) in [5.41, 5.74) is -1.47. The number of hydrogen-bond donors (Lipinski definition) is 0. The van der Waals surface area contributed by atoms with Crippen LogP contribution < -0.4 is 0 Å². The molecule has 0 saturated carbocycles. The van der Waals surface area contributed by atoms with Crippen molar-refractivity contribution < 1.29 is 25.5 Å². The monoisotopic (exact) mass is 243 g/mol. The molecule has 3 nitrogen and oxygen atoms in total. The Morgan fingerprint density at radius 1 is 1.27 bits per heavy atom. The van der Waals surface area contributed by atoms with Crippen molar-refractivity contribution >= 4 is 10.2 Å². The van der Waals surface area contributed by atoms with E-state index >= 15 is 0 Å². The van der Waals surface area contributed by atoms with Crippen LogP contribution in [0.3, 0.4) is 0 Å². The van der Waals surface area contributed by atoms with Crippen LogP contribution in [0.15, 0.2) is 17.2 Å². The van der Waals surface area contributed by atoms with Crippen molar-refractivity contribution in [3.8, 4) is 0 Å². The van der Waals surface area contributed by atoms with Crippen LogP contribution in [0.25, 0.3) is 0 Å². The molecule has 0 aliphatic rings. The smallest absolute Gasteiger partial charge is 0.239 e. The Morgan fingerprint density at radius 2 is 1.80 bits per heavy atom. The molecular weight excluding hydrogens is 238 g/mol. The molecule has 0 bridgehead atoms. The molecular formula is C7H5F4NO2S. The highest BCUT2D eigenvalue weighted by Gasteiger charge is 2.32. The van der Waals surface area contributed by atoms with Gasteiger partial charge < -0.3 is 0 Å². The Morgan fingerprint density at radius 3 is 2.20 bits per heavy atom. The van der Waals surface area contributed by atoms with Gasteiger partial charge in [-0.05, 0) is 19.1 Å². The number of aryl methyl sites for hydroxylation is 1. The molecule has 0 aliphatic carbocycles. The van der Waals surface area contributed by atoms with E-state index in [9.17, 15) is 25.5 Å². The number of alkyl halides is 3. The molecule has 0 radical (unpaired) electrons. The first-order chi connectivity index (χ1) is 6.60. The fourth-order valence-electron chi connectivity index (χ4n) is 0.927. The average molecular weight is 243 g/mol. The lowest BCUT2D eigenvalue weighted by molar-refractivity contribution is -0.137. The summed E-state index contributed by atoms with van der Waals surface area (Å²) in [7, 11) is -5.22. The van der Waals surface area contributed by atoms with Gasteiger partial charge >= 0.3 is 16.4 Å². The predicted molar refractivity (Wildman–Crippen MR) is 42.3 cm³/mol. The summed E-state index contributed by atoms with van der Waals surface area (Å²) in [4.78, 5) is 3.16. The molecule has 0 amide bonds. The Bertz CT molecular complexity index is 480. The molecule has 1 aromatic heterocycles. The molecule has 0 fully saturated rings. The Kier molecular flexibility index (Phi) is 2.73. The van der Waals surface area contributed by atoms with Gasteiger partial charge in [0.05, 0.1) is 5.56 Å². The topological polar surface area (TPSA) is 47.0 Å². The molecule has 8 heteroatoms.